The number of rotatable bonds is 3. The van der Waals surface area contributed by atoms with Crippen LogP contribution in [-0.2, 0) is 0 Å². The molecule has 0 bridgehead atoms. The van der Waals surface area contributed by atoms with Crippen LogP contribution in [0.5, 0.6) is 5.75 Å². The van der Waals surface area contributed by atoms with E-state index in [9.17, 15) is 0 Å². The number of ether oxygens (including phenoxy) is 1. The molecule has 1 aliphatic heterocycles. The maximum Gasteiger partial charge on any atom is 0.138 e. The van der Waals surface area contributed by atoms with Gasteiger partial charge in [-0.2, -0.15) is 0 Å². The Labute approximate surface area is 294 Å². The zero-order valence-electron chi connectivity index (χ0n) is 27.4. The molecule has 7 aromatic carbocycles. The van der Waals surface area contributed by atoms with Gasteiger partial charge in [0.25, 0.3) is 0 Å². The lowest BCUT2D eigenvalue weighted by atomic mass is 9.78. The minimum atomic E-state index is 0.194. The molecular formula is C48H32OS. The second-order valence-electron chi connectivity index (χ2n) is 13.9. The quantitative estimate of drug-likeness (QED) is 0.172. The molecule has 0 N–H and O–H groups in total. The van der Waals surface area contributed by atoms with E-state index in [-0.39, 0.29) is 5.92 Å². The third-order valence-corrected chi connectivity index (χ3v) is 12.3. The monoisotopic (exact) mass is 656 g/mol. The van der Waals surface area contributed by atoms with E-state index in [0.29, 0.717) is 5.92 Å². The number of fused-ring (bicyclic) bond motifs is 10. The Morgan fingerprint density at radius 2 is 1.18 bits per heavy atom. The predicted octanol–water partition coefficient (Wildman–Crippen LogP) is 13.5. The second kappa shape index (κ2) is 10.9. The van der Waals surface area contributed by atoms with Gasteiger partial charge in [-0.1, -0.05) is 133 Å². The summed E-state index contributed by atoms with van der Waals surface area (Å²) in [4.78, 5) is 0. The summed E-state index contributed by atoms with van der Waals surface area (Å²) in [7, 11) is 0. The van der Waals surface area contributed by atoms with Gasteiger partial charge in [-0.15, -0.1) is 11.3 Å². The zero-order chi connectivity index (χ0) is 32.8. The molecule has 0 spiro atoms. The van der Waals surface area contributed by atoms with Crippen LogP contribution < -0.4 is 4.74 Å². The third kappa shape index (κ3) is 4.19. The molecule has 2 unspecified atom stereocenters. The van der Waals surface area contributed by atoms with Crippen LogP contribution in [0.2, 0.25) is 0 Å². The van der Waals surface area contributed by atoms with Gasteiger partial charge in [0.05, 0.1) is 0 Å². The van der Waals surface area contributed by atoms with Gasteiger partial charge >= 0.3 is 0 Å². The molecule has 1 aromatic heterocycles. The minimum Gasteiger partial charge on any atom is -0.460 e. The molecule has 0 saturated carbocycles. The van der Waals surface area contributed by atoms with Crippen molar-refractivity contribution in [2.24, 2.45) is 0 Å². The summed E-state index contributed by atoms with van der Waals surface area (Å²) in [6.45, 7) is 0. The standard InChI is InChI=1S/C48H32OS/c1-2-11-29(12-3-1)30-13-10-14-32(25-30)46-35-16-4-6-18-37(35)47(38-19-7-5-17-36(38)46)33-22-24-43-41(26-33)39-23-21-31-27-45-42(28-40(31)48(39)49-43)34-15-8-9-20-44(34)50-45/h1-24,27-28,30,41H,25-26H2. The molecule has 0 saturated heterocycles. The highest BCUT2D eigenvalue weighted by Crippen LogP contribution is 2.53. The molecule has 2 heteroatoms. The molecule has 236 valence electrons. The lowest BCUT2D eigenvalue weighted by Crippen LogP contribution is -2.06. The SMILES string of the molecule is C1=CC(c2ccccc2)CC(c2c3ccccc3c(C3=CC=C4Oc5c(ccc6cc7sc8ccccc8c7cc56)C4C3)c3ccccc23)=C1. The average molecular weight is 657 g/mol. The molecule has 11 rings (SSSR count). The van der Waals surface area contributed by atoms with Crippen LogP contribution in [0, 0.1) is 0 Å². The number of hydrogen-bond acceptors (Lipinski definition) is 2. The molecule has 8 aromatic rings. The largest absolute Gasteiger partial charge is 0.460 e. The van der Waals surface area contributed by atoms with Crippen molar-refractivity contribution in [3.63, 3.8) is 0 Å². The van der Waals surface area contributed by atoms with E-state index in [1.54, 1.807) is 0 Å². The van der Waals surface area contributed by atoms with Crippen LogP contribution in [0.1, 0.15) is 46.9 Å². The van der Waals surface area contributed by atoms with E-state index in [4.69, 9.17) is 4.74 Å². The highest BCUT2D eigenvalue weighted by molar-refractivity contribution is 7.25. The molecule has 1 nitrogen and oxygen atoms in total. The third-order valence-electron chi connectivity index (χ3n) is 11.2. The van der Waals surface area contributed by atoms with Gasteiger partial charge in [-0.3, -0.25) is 0 Å². The first-order valence-electron chi connectivity index (χ1n) is 17.6. The number of benzene rings is 7. The lowest BCUT2D eigenvalue weighted by molar-refractivity contribution is 0.430. The maximum atomic E-state index is 6.77. The van der Waals surface area contributed by atoms with Crippen molar-refractivity contribution in [3.8, 4) is 5.75 Å². The van der Waals surface area contributed by atoms with Gasteiger partial charge in [0, 0.05) is 43.0 Å². The van der Waals surface area contributed by atoms with E-state index in [1.807, 2.05) is 11.3 Å². The lowest BCUT2D eigenvalue weighted by Gasteiger charge is -2.25. The fraction of sp³-hybridized carbons (Fsp3) is 0.0833. The van der Waals surface area contributed by atoms with Gasteiger partial charge in [0.15, 0.2) is 0 Å². The average Bonchev–Trinajstić information content (AvgIpc) is 3.74. The summed E-state index contributed by atoms with van der Waals surface area (Å²) in [5.41, 5.74) is 8.15. The van der Waals surface area contributed by atoms with Gasteiger partial charge in [0.2, 0.25) is 0 Å². The highest BCUT2D eigenvalue weighted by atomic mass is 32.1. The molecule has 0 fully saturated rings. The normalized spacial score (nSPS) is 18.3. The summed E-state index contributed by atoms with van der Waals surface area (Å²) in [5.74, 6) is 2.65. The van der Waals surface area contributed by atoms with E-state index in [2.05, 4.69) is 158 Å². The van der Waals surface area contributed by atoms with Crippen LogP contribution >= 0.6 is 11.3 Å². The van der Waals surface area contributed by atoms with E-state index < -0.39 is 0 Å². The van der Waals surface area contributed by atoms with Crippen LogP contribution in [0.3, 0.4) is 0 Å². The fourth-order valence-electron chi connectivity index (χ4n) is 8.89. The first-order chi connectivity index (χ1) is 24.8. The molecule has 2 heterocycles. The molecule has 50 heavy (non-hydrogen) atoms. The van der Waals surface area contributed by atoms with E-state index in [1.165, 1.54) is 85.9 Å². The number of thiophene rings is 1. The fourth-order valence-corrected chi connectivity index (χ4v) is 10.0. The summed E-state index contributed by atoms with van der Waals surface area (Å²) in [6, 6.07) is 47.1. The van der Waals surface area contributed by atoms with Crippen molar-refractivity contribution < 1.29 is 4.74 Å². The highest BCUT2D eigenvalue weighted by Gasteiger charge is 2.34. The van der Waals surface area contributed by atoms with Crippen LogP contribution in [0.25, 0.3) is 63.6 Å². The second-order valence-corrected chi connectivity index (χ2v) is 15.0. The summed E-state index contributed by atoms with van der Waals surface area (Å²) >= 11 is 1.87. The zero-order valence-corrected chi connectivity index (χ0v) is 28.2. The molecule has 2 atom stereocenters. The molecule has 0 amide bonds. The van der Waals surface area contributed by atoms with Crippen molar-refractivity contribution in [2.75, 3.05) is 0 Å². The maximum absolute atomic E-state index is 6.77. The Morgan fingerprint density at radius 3 is 1.92 bits per heavy atom. The van der Waals surface area contributed by atoms with Crippen molar-refractivity contribution in [1.29, 1.82) is 0 Å². The van der Waals surface area contributed by atoms with Gasteiger partial charge in [-0.05, 0) is 91.9 Å². The van der Waals surface area contributed by atoms with Crippen molar-refractivity contribution in [1.82, 2.24) is 0 Å². The molecular weight excluding hydrogens is 625 g/mol. The summed E-state index contributed by atoms with van der Waals surface area (Å²) < 4.78 is 9.43. The first kappa shape index (κ1) is 28.2. The molecule has 0 radical (unpaired) electrons. The van der Waals surface area contributed by atoms with Gasteiger partial charge < -0.3 is 4.74 Å². The van der Waals surface area contributed by atoms with Crippen LogP contribution in [-0.4, -0.2) is 0 Å². The number of allylic oxidation sites excluding steroid dienone is 8. The Bertz CT molecular complexity index is 2790. The van der Waals surface area contributed by atoms with Crippen LogP contribution in [0.4, 0.5) is 0 Å². The van der Waals surface area contributed by atoms with Crippen molar-refractivity contribution in [2.45, 2.75) is 24.7 Å². The summed E-state index contributed by atoms with van der Waals surface area (Å²) in [5, 5.41) is 10.4. The molecule has 3 aliphatic rings. The smallest absolute Gasteiger partial charge is 0.138 e. The van der Waals surface area contributed by atoms with Gasteiger partial charge in [0.1, 0.15) is 11.5 Å². The Morgan fingerprint density at radius 1 is 0.520 bits per heavy atom. The predicted molar refractivity (Wildman–Crippen MR) is 213 cm³/mol. The van der Waals surface area contributed by atoms with Crippen LogP contribution in [0.15, 0.2) is 164 Å². The topological polar surface area (TPSA) is 9.23 Å². The summed E-state index contributed by atoms with van der Waals surface area (Å²) in [6.07, 6.45) is 13.4. The number of hydrogen-bond donors (Lipinski definition) is 0. The van der Waals surface area contributed by atoms with E-state index >= 15 is 0 Å². The Balaban J connectivity index is 1.03. The van der Waals surface area contributed by atoms with Gasteiger partial charge in [-0.25, -0.2) is 0 Å². The first-order valence-corrected chi connectivity index (χ1v) is 18.4. The van der Waals surface area contributed by atoms with Crippen molar-refractivity contribution >= 4 is 75.0 Å². The van der Waals surface area contributed by atoms with E-state index in [0.717, 1.165) is 24.4 Å². The molecule has 2 aliphatic carbocycles. The minimum absolute atomic E-state index is 0.194. The van der Waals surface area contributed by atoms with Crippen molar-refractivity contribution in [3.05, 3.63) is 186 Å². The Kier molecular flexibility index (Phi) is 6.14. The Hall–Kier alpha value is -5.70.